The lowest BCUT2D eigenvalue weighted by Crippen LogP contribution is -2.53. The molecule has 2 aromatic heterocycles. The molecule has 2 aliphatic rings. The molecule has 3 heterocycles. The molecule has 1 aliphatic carbocycles. The number of carbonyl (C=O) groups excluding carboxylic acids is 1. The number of anilines is 4. The molecule has 0 atom stereocenters. The van der Waals surface area contributed by atoms with Crippen molar-refractivity contribution in [3.8, 4) is 0 Å². The van der Waals surface area contributed by atoms with Crippen LogP contribution in [-0.2, 0) is 4.79 Å². The van der Waals surface area contributed by atoms with Crippen LogP contribution in [0.5, 0.6) is 0 Å². The lowest BCUT2D eigenvalue weighted by molar-refractivity contribution is -0.117. The fourth-order valence-corrected chi connectivity index (χ4v) is 4.97. The third-order valence-corrected chi connectivity index (χ3v) is 7.36. The minimum Gasteiger partial charge on any atom is -0.354 e. The Hall–Kier alpha value is -3.11. The number of H-pyrrole nitrogens is 1. The van der Waals surface area contributed by atoms with Crippen LogP contribution in [-0.4, -0.2) is 62.7 Å². The zero-order valence-electron chi connectivity index (χ0n) is 21.3. The standard InChI is InChI=1S/C26H34N8OS.2H2/c1-17-15-22(32-31-17)28-21-16-23(33-11-13-34(14-12-33)26(2,3)4)30-25(29-21)36-20-9-7-19(8-10-20)27-24(35)18-5-6-18;;/h7-10,15-16,18H,5-6,11-14H2,1-4H3,(H,27,35)(H2,28,29,30,31,32);2*1H. The van der Waals surface area contributed by atoms with Crippen LogP contribution in [0.25, 0.3) is 0 Å². The van der Waals surface area contributed by atoms with Crippen molar-refractivity contribution in [2.75, 3.05) is 41.7 Å². The summed E-state index contributed by atoms with van der Waals surface area (Å²) in [5.41, 5.74) is 1.96. The smallest absolute Gasteiger partial charge is 0.227 e. The summed E-state index contributed by atoms with van der Waals surface area (Å²) in [6.45, 7) is 12.6. The zero-order chi connectivity index (χ0) is 25.3. The van der Waals surface area contributed by atoms with Gasteiger partial charge in [-0.15, -0.1) is 0 Å². The maximum atomic E-state index is 12.0. The topological polar surface area (TPSA) is 102 Å². The molecule has 5 rings (SSSR count). The zero-order valence-corrected chi connectivity index (χ0v) is 22.2. The Labute approximate surface area is 219 Å². The molecule has 2 fully saturated rings. The van der Waals surface area contributed by atoms with Crippen molar-refractivity contribution in [3.05, 3.63) is 42.1 Å². The molecule has 0 bridgehead atoms. The van der Waals surface area contributed by atoms with E-state index in [0.717, 1.165) is 66.9 Å². The van der Waals surface area contributed by atoms with Crippen LogP contribution in [0.3, 0.4) is 0 Å². The van der Waals surface area contributed by atoms with Crippen LogP contribution in [0.15, 0.2) is 46.5 Å². The van der Waals surface area contributed by atoms with Gasteiger partial charge in [0.1, 0.15) is 11.6 Å². The molecule has 1 aromatic carbocycles. The van der Waals surface area contributed by atoms with Gasteiger partial charge in [0, 0.05) is 68.9 Å². The average Bonchev–Trinajstić information content (AvgIpc) is 3.62. The van der Waals surface area contributed by atoms with E-state index in [-0.39, 0.29) is 20.2 Å². The highest BCUT2D eigenvalue weighted by Gasteiger charge is 2.29. The second-order valence-electron chi connectivity index (χ2n) is 10.5. The second kappa shape index (κ2) is 10.1. The molecule has 0 radical (unpaired) electrons. The van der Waals surface area contributed by atoms with Gasteiger partial charge in [-0.2, -0.15) is 5.10 Å². The van der Waals surface area contributed by atoms with Crippen molar-refractivity contribution < 1.29 is 7.65 Å². The largest absolute Gasteiger partial charge is 0.354 e. The molecule has 36 heavy (non-hydrogen) atoms. The number of nitrogens with one attached hydrogen (secondary N) is 3. The molecule has 3 aromatic rings. The molecule has 9 nitrogen and oxygen atoms in total. The maximum Gasteiger partial charge on any atom is 0.227 e. The third kappa shape index (κ3) is 6.17. The summed E-state index contributed by atoms with van der Waals surface area (Å²) in [4.78, 5) is 27.6. The van der Waals surface area contributed by atoms with E-state index in [1.165, 1.54) is 11.8 Å². The number of aromatic nitrogens is 4. The van der Waals surface area contributed by atoms with Crippen LogP contribution in [0.2, 0.25) is 0 Å². The summed E-state index contributed by atoms with van der Waals surface area (Å²) in [6.07, 6.45) is 1.99. The minimum absolute atomic E-state index is 0. The van der Waals surface area contributed by atoms with E-state index in [0.29, 0.717) is 11.0 Å². The van der Waals surface area contributed by atoms with Crippen molar-refractivity contribution in [1.82, 2.24) is 25.1 Å². The van der Waals surface area contributed by atoms with Gasteiger partial charge in [0.25, 0.3) is 0 Å². The number of aromatic amines is 1. The van der Waals surface area contributed by atoms with E-state index in [9.17, 15) is 4.79 Å². The molecule has 10 heteroatoms. The van der Waals surface area contributed by atoms with Gasteiger partial charge in [-0.3, -0.25) is 14.8 Å². The summed E-state index contributed by atoms with van der Waals surface area (Å²) in [6, 6.07) is 11.8. The molecule has 0 unspecified atom stereocenters. The summed E-state index contributed by atoms with van der Waals surface area (Å²) in [5, 5.41) is 14.2. The molecule has 1 saturated heterocycles. The Morgan fingerprint density at radius 3 is 2.39 bits per heavy atom. The van der Waals surface area contributed by atoms with Crippen molar-refractivity contribution in [3.63, 3.8) is 0 Å². The van der Waals surface area contributed by atoms with Crippen LogP contribution >= 0.6 is 11.8 Å². The molecular weight excluding hydrogens is 472 g/mol. The lowest BCUT2D eigenvalue weighted by Gasteiger charge is -2.42. The van der Waals surface area contributed by atoms with Gasteiger partial charge in [0.2, 0.25) is 5.91 Å². The molecule has 1 saturated carbocycles. The van der Waals surface area contributed by atoms with Crippen molar-refractivity contribution in [2.45, 2.75) is 56.1 Å². The van der Waals surface area contributed by atoms with Gasteiger partial charge in [0.15, 0.2) is 11.0 Å². The van der Waals surface area contributed by atoms with Crippen molar-refractivity contribution in [1.29, 1.82) is 0 Å². The number of carbonyl (C=O) groups is 1. The molecular formula is C26H38N8OS. The molecule has 0 spiro atoms. The van der Waals surface area contributed by atoms with Gasteiger partial charge in [-0.05, 0) is 76.6 Å². The fraction of sp³-hybridized carbons (Fsp3) is 0.462. The maximum absolute atomic E-state index is 12.0. The first-order valence-corrected chi connectivity index (χ1v) is 13.3. The highest BCUT2D eigenvalue weighted by atomic mass is 32.2. The monoisotopic (exact) mass is 510 g/mol. The Morgan fingerprint density at radius 2 is 1.78 bits per heavy atom. The minimum atomic E-state index is 0. The molecule has 194 valence electrons. The number of piperazine rings is 1. The molecule has 1 amide bonds. The summed E-state index contributed by atoms with van der Waals surface area (Å²) >= 11 is 1.51. The van der Waals surface area contributed by atoms with Crippen LogP contribution in [0.1, 0.15) is 42.2 Å². The number of hydrogen-bond donors (Lipinski definition) is 3. The van der Waals surface area contributed by atoms with E-state index in [4.69, 9.17) is 9.97 Å². The predicted octanol–water partition coefficient (Wildman–Crippen LogP) is 5.16. The normalized spacial score (nSPS) is 16.7. The first-order valence-electron chi connectivity index (χ1n) is 12.5. The van der Waals surface area contributed by atoms with E-state index in [1.54, 1.807) is 0 Å². The first kappa shape index (κ1) is 24.6. The highest BCUT2D eigenvalue weighted by molar-refractivity contribution is 7.99. The van der Waals surface area contributed by atoms with Gasteiger partial charge in [0.05, 0.1) is 0 Å². The number of rotatable bonds is 7. The van der Waals surface area contributed by atoms with Crippen LogP contribution in [0.4, 0.5) is 23.1 Å². The van der Waals surface area contributed by atoms with Crippen molar-refractivity contribution >= 4 is 40.8 Å². The first-order chi connectivity index (χ1) is 17.2. The Morgan fingerprint density at radius 1 is 1.06 bits per heavy atom. The summed E-state index contributed by atoms with van der Waals surface area (Å²) < 4.78 is 0. The van der Waals surface area contributed by atoms with Crippen LogP contribution < -0.4 is 15.5 Å². The number of nitrogens with zero attached hydrogens (tertiary/aromatic N) is 5. The quantitative estimate of drug-likeness (QED) is 0.375. The SMILES string of the molecule is Cc1cc(Nc2cc(N3CCN(C(C)(C)C)CC3)nc(Sc3ccc(NC(=O)C4CC4)cc3)n2)n[nH]1.[HH].[HH]. The van der Waals surface area contributed by atoms with E-state index >= 15 is 0 Å². The molecule has 1 aliphatic heterocycles. The predicted molar refractivity (Wildman–Crippen MR) is 148 cm³/mol. The van der Waals surface area contributed by atoms with E-state index in [1.807, 2.05) is 43.3 Å². The summed E-state index contributed by atoms with van der Waals surface area (Å²) in [5.74, 6) is 2.64. The van der Waals surface area contributed by atoms with Crippen LogP contribution in [0, 0.1) is 12.8 Å². The van der Waals surface area contributed by atoms with E-state index < -0.39 is 0 Å². The Kier molecular flexibility index (Phi) is 6.90. The van der Waals surface area contributed by atoms with E-state index in [2.05, 4.69) is 51.4 Å². The highest BCUT2D eigenvalue weighted by Crippen LogP contribution is 2.32. The van der Waals surface area contributed by atoms with Crippen molar-refractivity contribution in [2.24, 2.45) is 5.92 Å². The third-order valence-electron chi connectivity index (χ3n) is 6.49. The number of amides is 1. The van der Waals surface area contributed by atoms with Gasteiger partial charge >= 0.3 is 0 Å². The van der Waals surface area contributed by atoms with Gasteiger partial charge in [-0.1, -0.05) is 0 Å². The number of aryl methyl sites for hydroxylation is 1. The van der Waals surface area contributed by atoms with Gasteiger partial charge < -0.3 is 15.5 Å². The average molecular weight is 511 g/mol. The second-order valence-corrected chi connectivity index (χ2v) is 11.5. The van der Waals surface area contributed by atoms with Gasteiger partial charge in [-0.25, -0.2) is 9.97 Å². The summed E-state index contributed by atoms with van der Waals surface area (Å²) in [7, 11) is 0. The number of benzene rings is 1. The molecule has 3 N–H and O–H groups in total. The Bertz CT molecular complexity index is 1220. The Balaban J connectivity index is 0.00000200. The lowest BCUT2D eigenvalue weighted by atomic mass is 10.1. The number of hydrogen-bond acceptors (Lipinski definition) is 8. The fourth-order valence-electron chi connectivity index (χ4n) is 4.21.